The number of nitrogens with one attached hydrogen (secondary N) is 1. The van der Waals surface area contributed by atoms with Crippen molar-refractivity contribution in [2.45, 2.75) is 32.7 Å². The maximum Gasteiger partial charge on any atom is 0.253 e. The van der Waals surface area contributed by atoms with Crippen LogP contribution in [0.15, 0.2) is 18.5 Å². The van der Waals surface area contributed by atoms with Gasteiger partial charge in [-0.3, -0.25) is 9.78 Å². The zero-order valence-electron chi connectivity index (χ0n) is 9.24. The Labute approximate surface area is 89.3 Å². The van der Waals surface area contributed by atoms with Crippen molar-refractivity contribution < 1.29 is 9.90 Å². The van der Waals surface area contributed by atoms with Crippen LogP contribution in [0.5, 0.6) is 5.75 Å². The van der Waals surface area contributed by atoms with Crippen molar-refractivity contribution in [2.24, 2.45) is 0 Å². The molecule has 82 valence electrons. The Kier molecular flexibility index (Phi) is 3.29. The molecule has 2 N–H and O–H groups in total. The van der Waals surface area contributed by atoms with Gasteiger partial charge in [-0.25, -0.2) is 0 Å². The fourth-order valence-corrected chi connectivity index (χ4v) is 1.02. The summed E-state index contributed by atoms with van der Waals surface area (Å²) in [7, 11) is 0. The normalized spacial score (nSPS) is 11.1. The average Bonchev–Trinajstić information content (AvgIpc) is 2.17. The number of amides is 1. The Bertz CT molecular complexity index is 361. The van der Waals surface area contributed by atoms with Gasteiger partial charge >= 0.3 is 0 Å². The predicted octanol–water partition coefficient (Wildman–Crippen LogP) is 1.71. The molecular weight excluding hydrogens is 192 g/mol. The highest BCUT2D eigenvalue weighted by Gasteiger charge is 2.18. The zero-order chi connectivity index (χ0) is 11.5. The number of aromatic hydroxyl groups is 1. The summed E-state index contributed by atoms with van der Waals surface area (Å²) in [5.41, 5.74) is 0.124. The third-order valence-electron chi connectivity index (χ3n) is 2.32. The van der Waals surface area contributed by atoms with E-state index in [0.717, 1.165) is 6.42 Å². The van der Waals surface area contributed by atoms with Gasteiger partial charge in [-0.15, -0.1) is 0 Å². The van der Waals surface area contributed by atoms with Crippen molar-refractivity contribution in [2.75, 3.05) is 0 Å². The largest absolute Gasteiger partial charge is 0.506 e. The van der Waals surface area contributed by atoms with E-state index in [-0.39, 0.29) is 17.2 Å². The molecule has 0 spiro atoms. The number of pyridine rings is 1. The van der Waals surface area contributed by atoms with Gasteiger partial charge < -0.3 is 10.4 Å². The van der Waals surface area contributed by atoms with Gasteiger partial charge in [-0.1, -0.05) is 6.92 Å². The molecule has 1 amide bonds. The highest BCUT2D eigenvalue weighted by molar-refractivity contribution is 5.94. The van der Waals surface area contributed by atoms with Crippen molar-refractivity contribution in [3.63, 3.8) is 0 Å². The van der Waals surface area contributed by atoms with Crippen LogP contribution >= 0.6 is 0 Å². The number of nitrogens with zero attached hydrogens (tertiary/aromatic N) is 1. The van der Waals surface area contributed by atoms with E-state index < -0.39 is 0 Å². The Morgan fingerprint density at radius 3 is 2.73 bits per heavy atom. The zero-order valence-corrected chi connectivity index (χ0v) is 9.24. The smallest absolute Gasteiger partial charge is 0.253 e. The first-order valence-electron chi connectivity index (χ1n) is 4.91. The third-order valence-corrected chi connectivity index (χ3v) is 2.32. The van der Waals surface area contributed by atoms with Crippen molar-refractivity contribution >= 4 is 5.91 Å². The number of carbonyl (C=O) groups excluding carboxylic acids is 1. The monoisotopic (exact) mass is 208 g/mol. The molecular formula is C11H16N2O2. The quantitative estimate of drug-likeness (QED) is 0.794. The molecule has 0 unspecified atom stereocenters. The summed E-state index contributed by atoms with van der Waals surface area (Å²) in [5.74, 6) is -0.220. The number of hydrogen-bond donors (Lipinski definition) is 2. The predicted molar refractivity (Wildman–Crippen MR) is 57.7 cm³/mol. The van der Waals surface area contributed by atoms with Crippen LogP contribution in [0.3, 0.4) is 0 Å². The fourth-order valence-electron chi connectivity index (χ4n) is 1.02. The van der Waals surface area contributed by atoms with E-state index in [1.54, 1.807) is 0 Å². The highest BCUT2D eigenvalue weighted by atomic mass is 16.3. The highest BCUT2D eigenvalue weighted by Crippen LogP contribution is 2.12. The second kappa shape index (κ2) is 4.29. The minimum Gasteiger partial charge on any atom is -0.506 e. The molecule has 0 bridgehead atoms. The summed E-state index contributed by atoms with van der Waals surface area (Å²) in [5, 5.41) is 12.0. The SMILES string of the molecule is CCC(C)(C)NC(=O)c1cncc(O)c1. The van der Waals surface area contributed by atoms with Gasteiger partial charge in [-0.05, 0) is 26.3 Å². The maximum absolute atomic E-state index is 11.7. The van der Waals surface area contributed by atoms with E-state index >= 15 is 0 Å². The summed E-state index contributed by atoms with van der Waals surface area (Å²) in [4.78, 5) is 15.5. The first-order valence-corrected chi connectivity index (χ1v) is 4.91. The van der Waals surface area contributed by atoms with Crippen LogP contribution in [0.1, 0.15) is 37.6 Å². The lowest BCUT2D eigenvalue weighted by Gasteiger charge is -2.24. The molecule has 1 aromatic heterocycles. The number of aromatic nitrogens is 1. The van der Waals surface area contributed by atoms with E-state index in [0.29, 0.717) is 5.56 Å². The molecule has 1 rings (SSSR count). The summed E-state index contributed by atoms with van der Waals surface area (Å²) < 4.78 is 0. The first-order chi connectivity index (χ1) is 6.94. The lowest BCUT2D eigenvalue weighted by molar-refractivity contribution is 0.0910. The fraction of sp³-hybridized carbons (Fsp3) is 0.455. The van der Waals surface area contributed by atoms with Crippen LogP contribution in [0.2, 0.25) is 0 Å². The van der Waals surface area contributed by atoms with E-state index in [1.165, 1.54) is 18.5 Å². The van der Waals surface area contributed by atoms with Gasteiger partial charge in [0, 0.05) is 11.7 Å². The molecule has 0 saturated carbocycles. The molecule has 0 aromatic carbocycles. The molecule has 0 aliphatic rings. The molecule has 1 heterocycles. The molecule has 0 saturated heterocycles. The minimum atomic E-state index is -0.247. The summed E-state index contributed by atoms with van der Waals surface area (Å²) in [6.45, 7) is 5.89. The van der Waals surface area contributed by atoms with Crippen LogP contribution in [0.4, 0.5) is 0 Å². The summed E-state index contributed by atoms with van der Waals surface area (Å²) in [6, 6.07) is 1.40. The number of carbonyl (C=O) groups is 1. The molecule has 0 aliphatic carbocycles. The topological polar surface area (TPSA) is 62.2 Å². The van der Waals surface area contributed by atoms with Gasteiger partial charge in [0.25, 0.3) is 5.91 Å². The second-order valence-corrected chi connectivity index (χ2v) is 4.12. The van der Waals surface area contributed by atoms with Crippen molar-refractivity contribution in [3.8, 4) is 5.75 Å². The molecule has 0 fully saturated rings. The molecule has 4 heteroatoms. The van der Waals surface area contributed by atoms with Crippen LogP contribution in [-0.2, 0) is 0 Å². The first kappa shape index (κ1) is 11.5. The lowest BCUT2D eigenvalue weighted by atomic mass is 10.0. The minimum absolute atomic E-state index is 0.00282. The maximum atomic E-state index is 11.7. The van der Waals surface area contributed by atoms with Crippen LogP contribution in [0.25, 0.3) is 0 Å². The van der Waals surface area contributed by atoms with Crippen molar-refractivity contribution in [1.29, 1.82) is 0 Å². The lowest BCUT2D eigenvalue weighted by Crippen LogP contribution is -2.42. The van der Waals surface area contributed by atoms with Gasteiger partial charge in [0.15, 0.2) is 0 Å². The van der Waals surface area contributed by atoms with Crippen LogP contribution in [-0.4, -0.2) is 21.5 Å². The third kappa shape index (κ3) is 3.23. The number of rotatable bonds is 3. The Hall–Kier alpha value is -1.58. The van der Waals surface area contributed by atoms with E-state index in [1.807, 2.05) is 20.8 Å². The van der Waals surface area contributed by atoms with Gasteiger partial charge in [0.05, 0.1) is 11.8 Å². The van der Waals surface area contributed by atoms with Crippen LogP contribution < -0.4 is 5.32 Å². The Balaban J connectivity index is 2.78. The van der Waals surface area contributed by atoms with E-state index in [2.05, 4.69) is 10.3 Å². The van der Waals surface area contributed by atoms with E-state index in [9.17, 15) is 9.90 Å². The average molecular weight is 208 g/mol. The van der Waals surface area contributed by atoms with Crippen LogP contribution in [0, 0.1) is 0 Å². The van der Waals surface area contributed by atoms with Gasteiger partial charge in [0.2, 0.25) is 0 Å². The molecule has 1 aromatic rings. The van der Waals surface area contributed by atoms with Gasteiger partial charge in [-0.2, -0.15) is 0 Å². The van der Waals surface area contributed by atoms with Crippen molar-refractivity contribution in [3.05, 3.63) is 24.0 Å². The molecule has 15 heavy (non-hydrogen) atoms. The standard InChI is InChI=1S/C11H16N2O2/c1-4-11(2,3)13-10(15)8-5-9(14)7-12-6-8/h5-7,14H,4H2,1-3H3,(H,13,15). The Morgan fingerprint density at radius 2 is 2.20 bits per heavy atom. The molecule has 0 atom stereocenters. The van der Waals surface area contributed by atoms with Gasteiger partial charge in [0.1, 0.15) is 5.75 Å². The van der Waals surface area contributed by atoms with Crippen molar-refractivity contribution in [1.82, 2.24) is 10.3 Å². The summed E-state index contributed by atoms with van der Waals surface area (Å²) >= 11 is 0. The molecule has 0 aliphatic heterocycles. The second-order valence-electron chi connectivity index (χ2n) is 4.12. The Morgan fingerprint density at radius 1 is 1.53 bits per heavy atom. The molecule has 0 radical (unpaired) electrons. The number of hydrogen-bond acceptors (Lipinski definition) is 3. The molecule has 4 nitrogen and oxygen atoms in total. The van der Waals surface area contributed by atoms with E-state index in [4.69, 9.17) is 0 Å². The summed E-state index contributed by atoms with van der Waals surface area (Å²) in [6.07, 6.45) is 3.56.